The van der Waals surface area contributed by atoms with E-state index in [1.807, 2.05) is 68.8 Å². The van der Waals surface area contributed by atoms with Crippen molar-refractivity contribution in [3.8, 4) is 17.1 Å². The van der Waals surface area contributed by atoms with Crippen LogP contribution in [-0.4, -0.2) is 64.5 Å². The van der Waals surface area contributed by atoms with Crippen LogP contribution in [0.1, 0.15) is 43.4 Å². The van der Waals surface area contributed by atoms with Gasteiger partial charge in [-0.2, -0.15) is 0 Å². The van der Waals surface area contributed by atoms with Crippen molar-refractivity contribution in [1.82, 2.24) is 25.1 Å². The molecule has 44 heavy (non-hydrogen) atoms. The Hall–Kier alpha value is -4.60. The number of fused-ring (bicyclic) bond motifs is 5. The molecule has 4 aromatic rings. The number of hydrogen-bond donors (Lipinski definition) is 2. The lowest BCUT2D eigenvalue weighted by Gasteiger charge is -2.25. The Morgan fingerprint density at radius 2 is 1.98 bits per heavy atom. The molecule has 0 saturated carbocycles. The quantitative estimate of drug-likeness (QED) is 0.359. The second-order valence-corrected chi connectivity index (χ2v) is 11.9. The smallest absolute Gasteiger partial charge is 0.242 e. The minimum absolute atomic E-state index is 0.0929. The molecule has 10 heteroatoms. The van der Waals surface area contributed by atoms with E-state index in [0.717, 1.165) is 39.0 Å². The summed E-state index contributed by atoms with van der Waals surface area (Å²) < 4.78 is 13.8. The minimum atomic E-state index is -0.718. The maximum Gasteiger partial charge on any atom is 0.242 e. The van der Waals surface area contributed by atoms with Gasteiger partial charge in [-0.15, -0.1) is 0 Å². The molecule has 3 amide bonds. The summed E-state index contributed by atoms with van der Waals surface area (Å²) in [5.41, 5.74) is 4.55. The second kappa shape index (κ2) is 13.8. The summed E-state index contributed by atoms with van der Waals surface area (Å²) in [5, 5.41) is 6.79. The first kappa shape index (κ1) is 30.8. The molecule has 1 atom stereocenters. The highest BCUT2D eigenvalue weighted by Crippen LogP contribution is 2.27. The van der Waals surface area contributed by atoms with E-state index in [4.69, 9.17) is 9.15 Å². The topological polar surface area (TPSA) is 119 Å². The second-order valence-electron chi connectivity index (χ2n) is 11.9. The summed E-state index contributed by atoms with van der Waals surface area (Å²) in [6.07, 6.45) is 6.31. The van der Waals surface area contributed by atoms with Crippen molar-refractivity contribution in [3.63, 3.8) is 0 Å². The summed E-state index contributed by atoms with van der Waals surface area (Å²) in [4.78, 5) is 46.3. The molecule has 232 valence electrons. The number of benzene rings is 2. The van der Waals surface area contributed by atoms with Crippen LogP contribution in [0.3, 0.4) is 0 Å². The monoisotopic (exact) mass is 599 g/mol. The third-order valence-corrected chi connectivity index (χ3v) is 7.78. The van der Waals surface area contributed by atoms with Crippen LogP contribution in [0.25, 0.3) is 22.4 Å². The van der Waals surface area contributed by atoms with Crippen LogP contribution in [0, 0.1) is 19.8 Å². The van der Waals surface area contributed by atoms with Gasteiger partial charge in [0.2, 0.25) is 17.7 Å². The number of hydrogen-bond acceptors (Lipinski definition) is 6. The van der Waals surface area contributed by atoms with Crippen molar-refractivity contribution in [2.45, 2.75) is 59.5 Å². The molecule has 0 radical (unpaired) electrons. The molecule has 2 bridgehead atoms. The van der Waals surface area contributed by atoms with Gasteiger partial charge in [0.25, 0.3) is 0 Å². The van der Waals surface area contributed by atoms with Gasteiger partial charge >= 0.3 is 0 Å². The van der Waals surface area contributed by atoms with E-state index in [0.29, 0.717) is 44.8 Å². The zero-order chi connectivity index (χ0) is 31.2. The average molecular weight is 600 g/mol. The van der Waals surface area contributed by atoms with Gasteiger partial charge in [-0.3, -0.25) is 14.4 Å². The maximum absolute atomic E-state index is 13.7. The number of aromatic nitrogens is 2. The highest BCUT2D eigenvalue weighted by Gasteiger charge is 2.25. The van der Waals surface area contributed by atoms with Crippen LogP contribution in [-0.2, 0) is 27.3 Å². The lowest BCUT2D eigenvalue weighted by molar-refractivity contribution is -0.136. The van der Waals surface area contributed by atoms with Crippen LogP contribution in [0.15, 0.2) is 59.5 Å². The van der Waals surface area contributed by atoms with E-state index >= 15 is 0 Å². The van der Waals surface area contributed by atoms with Gasteiger partial charge in [0.05, 0.1) is 25.8 Å². The number of amides is 3. The molecular weight excluding hydrogens is 558 g/mol. The fourth-order valence-corrected chi connectivity index (χ4v) is 5.78. The number of carbonyl (C=O) groups is 3. The molecule has 0 spiro atoms. The Labute approximate surface area is 257 Å². The SMILES string of the molecule is Cc1cc(C)c2c(CC(=O)N3CCCOc4cccc(c4)-c4nccn4CCNC(=O)[C@@H](CC(C)C)NC(=O)C3)coc2c1. The van der Waals surface area contributed by atoms with Gasteiger partial charge in [0.1, 0.15) is 23.2 Å². The van der Waals surface area contributed by atoms with Crippen LogP contribution >= 0.6 is 0 Å². The number of imidazole rings is 1. The Bertz CT molecular complexity index is 1640. The highest BCUT2D eigenvalue weighted by molar-refractivity contribution is 5.93. The molecule has 1 aliphatic heterocycles. The van der Waals surface area contributed by atoms with E-state index in [-0.39, 0.29) is 36.6 Å². The predicted molar refractivity (Wildman–Crippen MR) is 168 cm³/mol. The third kappa shape index (κ3) is 7.48. The van der Waals surface area contributed by atoms with E-state index in [1.165, 1.54) is 0 Å². The zero-order valence-electron chi connectivity index (χ0n) is 25.9. The number of rotatable bonds is 4. The van der Waals surface area contributed by atoms with Gasteiger partial charge in [0, 0.05) is 48.5 Å². The van der Waals surface area contributed by atoms with Crippen molar-refractivity contribution in [3.05, 3.63) is 71.7 Å². The lowest BCUT2D eigenvalue weighted by Crippen LogP contribution is -2.51. The molecular formula is C34H41N5O5. The van der Waals surface area contributed by atoms with Crippen molar-refractivity contribution in [1.29, 1.82) is 0 Å². The van der Waals surface area contributed by atoms with Gasteiger partial charge in [-0.1, -0.05) is 32.0 Å². The third-order valence-electron chi connectivity index (χ3n) is 7.78. The summed E-state index contributed by atoms with van der Waals surface area (Å²) in [6.45, 7) is 9.40. The Morgan fingerprint density at radius 1 is 1.14 bits per heavy atom. The highest BCUT2D eigenvalue weighted by atomic mass is 16.5. The van der Waals surface area contributed by atoms with Crippen molar-refractivity contribution >= 4 is 28.7 Å². The number of furan rings is 1. The molecule has 2 N–H and O–H groups in total. The standard InChI is InChI=1S/C34H41N5O5/c1-22(2)15-28-34(42)36-10-13-38-12-9-35-33(38)25-7-5-8-27(18-25)43-14-6-11-39(20-30(40)37-28)31(41)19-26-21-44-29-17-23(3)16-24(4)32(26)29/h5,7-9,12,16-18,21-22,28H,6,10-11,13-15,19-20H2,1-4H3,(H,36,42)(H,37,40)/t28-/m1/s1. The van der Waals surface area contributed by atoms with E-state index in [2.05, 4.69) is 21.7 Å². The number of carbonyl (C=O) groups excluding carboxylic acids is 3. The van der Waals surface area contributed by atoms with Crippen LogP contribution < -0.4 is 15.4 Å². The summed E-state index contributed by atoms with van der Waals surface area (Å²) in [7, 11) is 0. The molecule has 5 rings (SSSR count). The molecule has 0 fully saturated rings. The van der Waals surface area contributed by atoms with Gasteiger partial charge in [0.15, 0.2) is 0 Å². The number of nitrogens with one attached hydrogen (secondary N) is 2. The van der Waals surface area contributed by atoms with Crippen molar-refractivity contribution < 1.29 is 23.5 Å². The summed E-state index contributed by atoms with van der Waals surface area (Å²) >= 11 is 0. The largest absolute Gasteiger partial charge is 0.494 e. The molecule has 0 saturated heterocycles. The number of ether oxygens (including phenoxy) is 1. The minimum Gasteiger partial charge on any atom is -0.494 e. The van der Waals surface area contributed by atoms with Crippen LogP contribution in [0.5, 0.6) is 5.75 Å². The van der Waals surface area contributed by atoms with E-state index < -0.39 is 6.04 Å². The Morgan fingerprint density at radius 3 is 2.80 bits per heavy atom. The first-order valence-corrected chi connectivity index (χ1v) is 15.2. The van der Waals surface area contributed by atoms with E-state index in [9.17, 15) is 14.4 Å². The lowest BCUT2D eigenvalue weighted by atomic mass is 10.0. The zero-order valence-corrected chi connectivity index (χ0v) is 25.9. The van der Waals surface area contributed by atoms with Gasteiger partial charge < -0.3 is 29.3 Å². The Balaban J connectivity index is 1.38. The molecule has 1 aliphatic rings. The van der Waals surface area contributed by atoms with Gasteiger partial charge in [-0.25, -0.2) is 4.98 Å². The fourth-order valence-electron chi connectivity index (χ4n) is 5.78. The molecule has 3 heterocycles. The normalized spacial score (nSPS) is 16.9. The van der Waals surface area contributed by atoms with Crippen molar-refractivity contribution in [2.24, 2.45) is 5.92 Å². The molecule has 10 nitrogen and oxygen atoms in total. The van der Waals surface area contributed by atoms with E-state index in [1.54, 1.807) is 17.4 Å². The maximum atomic E-state index is 13.7. The fraction of sp³-hybridized carbons (Fsp3) is 0.412. The number of nitrogens with zero attached hydrogens (tertiary/aromatic N) is 3. The molecule has 2 aromatic carbocycles. The molecule has 0 aliphatic carbocycles. The van der Waals surface area contributed by atoms with Crippen LogP contribution in [0.4, 0.5) is 0 Å². The predicted octanol–water partition coefficient (Wildman–Crippen LogP) is 4.41. The first-order chi connectivity index (χ1) is 21.2. The Kier molecular flexibility index (Phi) is 9.67. The molecule has 2 aromatic heterocycles. The first-order valence-electron chi connectivity index (χ1n) is 15.2. The summed E-state index contributed by atoms with van der Waals surface area (Å²) in [5.74, 6) is 0.804. The van der Waals surface area contributed by atoms with Crippen molar-refractivity contribution in [2.75, 3.05) is 26.2 Å². The van der Waals surface area contributed by atoms with Gasteiger partial charge in [-0.05, 0) is 61.9 Å². The summed E-state index contributed by atoms with van der Waals surface area (Å²) in [6, 6.07) is 11.0. The average Bonchev–Trinajstić information content (AvgIpc) is 3.61. The molecule has 0 unspecified atom stereocenters. The van der Waals surface area contributed by atoms with Crippen LogP contribution in [0.2, 0.25) is 0 Å². The number of aryl methyl sites for hydroxylation is 2.